The van der Waals surface area contributed by atoms with Crippen molar-refractivity contribution in [1.82, 2.24) is 20.3 Å². The molecule has 0 radical (unpaired) electrons. The van der Waals surface area contributed by atoms with E-state index in [4.69, 9.17) is 0 Å². The number of rotatable bonds is 6. The molecule has 1 aliphatic carbocycles. The first-order valence-electron chi connectivity index (χ1n) is 7.46. The van der Waals surface area contributed by atoms with E-state index in [1.165, 1.54) is 37.8 Å². The smallest absolute Gasteiger partial charge is 0.0728 e. The van der Waals surface area contributed by atoms with E-state index in [1.807, 2.05) is 6.20 Å². The van der Waals surface area contributed by atoms with E-state index in [2.05, 4.69) is 34.2 Å². The lowest BCUT2D eigenvalue weighted by Gasteiger charge is -2.29. The number of aromatic nitrogens is 3. The third kappa shape index (κ3) is 3.31. The molecular formula is C14H26N4. The van der Waals surface area contributed by atoms with Crippen LogP contribution in [0.25, 0.3) is 0 Å². The van der Waals surface area contributed by atoms with E-state index in [-0.39, 0.29) is 0 Å². The van der Waals surface area contributed by atoms with Crippen LogP contribution in [0.2, 0.25) is 0 Å². The number of aryl methyl sites for hydroxylation is 1. The summed E-state index contributed by atoms with van der Waals surface area (Å²) >= 11 is 0. The average Bonchev–Trinajstić information content (AvgIpc) is 2.85. The maximum Gasteiger partial charge on any atom is 0.0728 e. The molecule has 102 valence electrons. The van der Waals surface area contributed by atoms with Crippen LogP contribution in [0.5, 0.6) is 0 Å². The Labute approximate surface area is 110 Å². The molecule has 0 bridgehead atoms. The van der Waals surface area contributed by atoms with Crippen LogP contribution in [0.1, 0.15) is 64.0 Å². The summed E-state index contributed by atoms with van der Waals surface area (Å²) in [7, 11) is 0. The van der Waals surface area contributed by atoms with Gasteiger partial charge in [-0.25, -0.2) is 4.68 Å². The number of nitrogens with zero attached hydrogens (tertiary/aromatic N) is 3. The standard InChI is InChI=1S/C14H26N4/c1-3-8-15-13-7-5-6-12(10-13)14-11-16-17-18(14)9-4-2/h11-13,15H,3-10H2,1-2H3. The normalized spacial score (nSPS) is 24.3. The van der Waals surface area contributed by atoms with Gasteiger partial charge in [0.15, 0.2) is 0 Å². The minimum absolute atomic E-state index is 0.648. The summed E-state index contributed by atoms with van der Waals surface area (Å²) < 4.78 is 2.10. The molecule has 1 aromatic heterocycles. The van der Waals surface area contributed by atoms with Crippen LogP contribution in [0.3, 0.4) is 0 Å². The Morgan fingerprint density at radius 3 is 3.00 bits per heavy atom. The lowest BCUT2D eigenvalue weighted by molar-refractivity contribution is 0.328. The fourth-order valence-corrected chi connectivity index (χ4v) is 2.96. The van der Waals surface area contributed by atoms with Crippen molar-refractivity contribution in [2.75, 3.05) is 6.54 Å². The third-order valence-electron chi connectivity index (χ3n) is 3.86. The predicted molar refractivity (Wildman–Crippen MR) is 73.6 cm³/mol. The van der Waals surface area contributed by atoms with E-state index in [1.54, 1.807) is 0 Å². The van der Waals surface area contributed by atoms with Crippen molar-refractivity contribution in [3.05, 3.63) is 11.9 Å². The molecular weight excluding hydrogens is 224 g/mol. The molecule has 4 nitrogen and oxygen atoms in total. The maximum atomic E-state index is 4.21. The Hall–Kier alpha value is -0.900. The Morgan fingerprint density at radius 1 is 1.33 bits per heavy atom. The molecule has 1 N–H and O–H groups in total. The number of nitrogens with one attached hydrogen (secondary N) is 1. The van der Waals surface area contributed by atoms with E-state index in [9.17, 15) is 0 Å². The van der Waals surface area contributed by atoms with Crippen molar-refractivity contribution >= 4 is 0 Å². The molecule has 4 heteroatoms. The summed E-state index contributed by atoms with van der Waals surface area (Å²) in [4.78, 5) is 0. The van der Waals surface area contributed by atoms with Crippen molar-refractivity contribution in [2.45, 2.75) is 70.9 Å². The van der Waals surface area contributed by atoms with E-state index in [0.717, 1.165) is 19.5 Å². The van der Waals surface area contributed by atoms with Crippen molar-refractivity contribution < 1.29 is 0 Å². The van der Waals surface area contributed by atoms with E-state index >= 15 is 0 Å². The van der Waals surface area contributed by atoms with Gasteiger partial charge in [-0.3, -0.25) is 0 Å². The van der Waals surface area contributed by atoms with E-state index in [0.29, 0.717) is 12.0 Å². The predicted octanol–water partition coefficient (Wildman–Crippen LogP) is 2.71. The van der Waals surface area contributed by atoms with Gasteiger partial charge in [0.05, 0.1) is 11.9 Å². The summed E-state index contributed by atoms with van der Waals surface area (Å²) in [6.07, 6.45) is 9.51. The summed E-state index contributed by atoms with van der Waals surface area (Å²) in [6.45, 7) is 6.56. The van der Waals surface area contributed by atoms with Gasteiger partial charge in [0.1, 0.15) is 0 Å². The van der Waals surface area contributed by atoms with Gasteiger partial charge in [-0.05, 0) is 38.6 Å². The van der Waals surface area contributed by atoms with Crippen molar-refractivity contribution in [3.8, 4) is 0 Å². The van der Waals surface area contributed by atoms with E-state index < -0.39 is 0 Å². The van der Waals surface area contributed by atoms with Gasteiger partial charge in [0.25, 0.3) is 0 Å². The molecule has 1 saturated carbocycles. The molecule has 1 fully saturated rings. The minimum atomic E-state index is 0.648. The second-order valence-corrected chi connectivity index (χ2v) is 5.40. The van der Waals surface area contributed by atoms with Gasteiger partial charge in [0.2, 0.25) is 0 Å². The quantitative estimate of drug-likeness (QED) is 0.844. The lowest BCUT2D eigenvalue weighted by Crippen LogP contribution is -2.34. The Kier molecular flexibility index (Phi) is 5.17. The van der Waals surface area contributed by atoms with Crippen molar-refractivity contribution in [3.63, 3.8) is 0 Å². The molecule has 2 unspecified atom stereocenters. The van der Waals surface area contributed by atoms with Crippen LogP contribution < -0.4 is 5.32 Å². The highest BCUT2D eigenvalue weighted by Crippen LogP contribution is 2.32. The van der Waals surface area contributed by atoms with Crippen LogP contribution in [0.4, 0.5) is 0 Å². The first-order valence-corrected chi connectivity index (χ1v) is 7.46. The highest BCUT2D eigenvalue weighted by atomic mass is 15.4. The third-order valence-corrected chi connectivity index (χ3v) is 3.86. The van der Waals surface area contributed by atoms with Crippen LogP contribution in [0.15, 0.2) is 6.20 Å². The highest BCUT2D eigenvalue weighted by molar-refractivity contribution is 5.06. The molecule has 1 heterocycles. The summed E-state index contributed by atoms with van der Waals surface area (Å²) in [5.74, 6) is 0.648. The number of hydrogen-bond donors (Lipinski definition) is 1. The maximum absolute atomic E-state index is 4.21. The summed E-state index contributed by atoms with van der Waals surface area (Å²) in [5, 5.41) is 12.0. The molecule has 1 aromatic rings. The molecule has 0 amide bonds. The first kappa shape index (κ1) is 13.5. The van der Waals surface area contributed by atoms with Crippen LogP contribution >= 0.6 is 0 Å². The van der Waals surface area contributed by atoms with Gasteiger partial charge < -0.3 is 5.32 Å². The second kappa shape index (κ2) is 6.88. The Morgan fingerprint density at radius 2 is 2.22 bits per heavy atom. The Balaban J connectivity index is 1.97. The molecule has 1 aliphatic rings. The van der Waals surface area contributed by atoms with Crippen molar-refractivity contribution in [1.29, 1.82) is 0 Å². The molecule has 0 aromatic carbocycles. The summed E-state index contributed by atoms with van der Waals surface area (Å²) in [5.41, 5.74) is 1.35. The highest BCUT2D eigenvalue weighted by Gasteiger charge is 2.25. The van der Waals surface area contributed by atoms with Crippen molar-refractivity contribution in [2.24, 2.45) is 0 Å². The topological polar surface area (TPSA) is 42.7 Å². The van der Waals surface area contributed by atoms with Crippen LogP contribution in [-0.2, 0) is 6.54 Å². The SMILES string of the molecule is CCCNC1CCCC(c2cnnn2CCC)C1. The minimum Gasteiger partial charge on any atom is -0.314 e. The molecule has 2 atom stereocenters. The van der Waals surface area contributed by atoms with Gasteiger partial charge >= 0.3 is 0 Å². The van der Waals surface area contributed by atoms with Gasteiger partial charge in [0, 0.05) is 18.5 Å². The molecule has 18 heavy (non-hydrogen) atoms. The fraction of sp³-hybridized carbons (Fsp3) is 0.857. The summed E-state index contributed by atoms with van der Waals surface area (Å²) in [6, 6.07) is 0.689. The fourth-order valence-electron chi connectivity index (χ4n) is 2.96. The zero-order chi connectivity index (χ0) is 12.8. The lowest BCUT2D eigenvalue weighted by atomic mass is 9.84. The molecule has 2 rings (SSSR count). The van der Waals surface area contributed by atoms with Gasteiger partial charge in [-0.1, -0.05) is 25.5 Å². The Bertz CT molecular complexity index is 347. The average molecular weight is 250 g/mol. The molecule has 0 spiro atoms. The van der Waals surface area contributed by atoms with Gasteiger partial charge in [-0.15, -0.1) is 5.10 Å². The largest absolute Gasteiger partial charge is 0.314 e. The molecule has 0 saturated heterocycles. The monoisotopic (exact) mass is 250 g/mol. The zero-order valence-corrected chi connectivity index (χ0v) is 11.7. The number of hydrogen-bond acceptors (Lipinski definition) is 3. The van der Waals surface area contributed by atoms with Gasteiger partial charge in [-0.2, -0.15) is 0 Å². The van der Waals surface area contributed by atoms with Crippen LogP contribution in [0, 0.1) is 0 Å². The van der Waals surface area contributed by atoms with Crippen LogP contribution in [-0.4, -0.2) is 27.6 Å². The first-order chi connectivity index (χ1) is 8.85. The molecule has 0 aliphatic heterocycles. The zero-order valence-electron chi connectivity index (χ0n) is 11.7. The second-order valence-electron chi connectivity index (χ2n) is 5.40.